The first-order valence-corrected chi connectivity index (χ1v) is 8.74. The van der Waals surface area contributed by atoms with Crippen LogP contribution in [0.25, 0.3) is 0 Å². The molecule has 0 amide bonds. The molecular formula is C17H33NO2. The average molecular weight is 283 g/mol. The van der Waals surface area contributed by atoms with Gasteiger partial charge in [0.15, 0.2) is 0 Å². The molecular weight excluding hydrogens is 250 g/mol. The van der Waals surface area contributed by atoms with E-state index in [0.717, 1.165) is 18.4 Å². The van der Waals surface area contributed by atoms with Gasteiger partial charge in [-0.15, -0.1) is 0 Å². The van der Waals surface area contributed by atoms with Crippen LogP contribution in [-0.4, -0.2) is 37.0 Å². The van der Waals surface area contributed by atoms with Gasteiger partial charge in [-0.25, -0.2) is 0 Å². The van der Waals surface area contributed by atoms with Gasteiger partial charge in [0.1, 0.15) is 0 Å². The van der Waals surface area contributed by atoms with E-state index in [2.05, 4.69) is 12.2 Å². The van der Waals surface area contributed by atoms with Gasteiger partial charge in [-0.05, 0) is 37.6 Å². The molecule has 0 bridgehead atoms. The van der Waals surface area contributed by atoms with Crippen molar-refractivity contribution in [2.45, 2.75) is 76.9 Å². The molecule has 2 N–H and O–H groups in total. The first kappa shape index (κ1) is 16.3. The fourth-order valence-electron chi connectivity index (χ4n) is 3.71. The predicted molar refractivity (Wildman–Crippen MR) is 82.8 cm³/mol. The molecule has 2 rings (SSSR count). The van der Waals surface area contributed by atoms with E-state index in [1.54, 1.807) is 0 Å². The van der Waals surface area contributed by atoms with Gasteiger partial charge in [0.25, 0.3) is 0 Å². The summed E-state index contributed by atoms with van der Waals surface area (Å²) < 4.78 is 5.86. The first-order chi connectivity index (χ1) is 9.74. The van der Waals surface area contributed by atoms with Crippen LogP contribution in [0.3, 0.4) is 0 Å². The Morgan fingerprint density at radius 1 is 1.15 bits per heavy atom. The Labute approximate surface area is 124 Å². The summed E-state index contributed by atoms with van der Waals surface area (Å²) in [6, 6.07) is 0. The summed E-state index contributed by atoms with van der Waals surface area (Å²) in [7, 11) is 0. The summed E-state index contributed by atoms with van der Waals surface area (Å²) in [5.41, 5.74) is 0. The Kier molecular flexibility index (Phi) is 7.32. The van der Waals surface area contributed by atoms with Gasteiger partial charge in [0.2, 0.25) is 0 Å². The minimum absolute atomic E-state index is 0.351. The molecule has 2 saturated carbocycles. The van der Waals surface area contributed by atoms with E-state index >= 15 is 0 Å². The molecule has 0 spiro atoms. The van der Waals surface area contributed by atoms with Crippen molar-refractivity contribution >= 4 is 0 Å². The zero-order chi connectivity index (χ0) is 14.2. The smallest absolute Gasteiger partial charge is 0.0897 e. The molecule has 118 valence electrons. The molecule has 0 aromatic heterocycles. The van der Waals surface area contributed by atoms with Crippen LogP contribution < -0.4 is 5.32 Å². The second-order valence-corrected chi connectivity index (χ2v) is 7.02. The largest absolute Gasteiger partial charge is 0.389 e. The zero-order valence-corrected chi connectivity index (χ0v) is 13.2. The number of hydrogen-bond donors (Lipinski definition) is 2. The predicted octanol–water partition coefficient (Wildman–Crippen LogP) is 3.11. The molecule has 0 aliphatic heterocycles. The Morgan fingerprint density at radius 3 is 2.70 bits per heavy atom. The molecule has 3 atom stereocenters. The maximum atomic E-state index is 9.95. The maximum absolute atomic E-state index is 9.95. The van der Waals surface area contributed by atoms with Crippen LogP contribution in [0.1, 0.15) is 64.7 Å². The third kappa shape index (κ3) is 6.11. The summed E-state index contributed by atoms with van der Waals surface area (Å²) in [6.07, 6.45) is 11.9. The van der Waals surface area contributed by atoms with E-state index in [1.807, 2.05) is 0 Å². The molecule has 3 heteroatoms. The van der Waals surface area contributed by atoms with Crippen LogP contribution >= 0.6 is 0 Å². The average Bonchev–Trinajstić information content (AvgIpc) is 2.95. The normalized spacial score (nSPS) is 29.7. The van der Waals surface area contributed by atoms with Crippen molar-refractivity contribution in [2.75, 3.05) is 19.7 Å². The molecule has 0 radical (unpaired) electrons. The highest BCUT2D eigenvalue weighted by Crippen LogP contribution is 2.27. The number of hydrogen-bond acceptors (Lipinski definition) is 3. The molecule has 0 heterocycles. The molecule has 2 fully saturated rings. The number of ether oxygens (including phenoxy) is 1. The van der Waals surface area contributed by atoms with Crippen LogP contribution in [0, 0.1) is 11.8 Å². The van der Waals surface area contributed by atoms with Crippen LogP contribution in [0.5, 0.6) is 0 Å². The Hall–Kier alpha value is -0.120. The standard InChI is InChI=1S/C17H33NO2/c1-14-5-4-8-17(11-14)20-13-16(19)12-18-10-9-15-6-2-3-7-15/h14-19H,2-13H2,1H3. The molecule has 20 heavy (non-hydrogen) atoms. The highest BCUT2D eigenvalue weighted by Gasteiger charge is 2.20. The van der Waals surface area contributed by atoms with Crippen LogP contribution in [0.4, 0.5) is 0 Å². The van der Waals surface area contributed by atoms with Gasteiger partial charge >= 0.3 is 0 Å². The second kappa shape index (κ2) is 9.01. The van der Waals surface area contributed by atoms with Crippen LogP contribution in [-0.2, 0) is 4.74 Å². The van der Waals surface area contributed by atoms with Gasteiger partial charge < -0.3 is 15.2 Å². The molecule has 2 aliphatic carbocycles. The third-order valence-electron chi connectivity index (χ3n) is 5.00. The SMILES string of the molecule is CC1CCCC(OCC(O)CNCCC2CCCC2)C1. The lowest BCUT2D eigenvalue weighted by Crippen LogP contribution is -2.33. The van der Waals surface area contributed by atoms with Gasteiger partial charge in [-0.2, -0.15) is 0 Å². The van der Waals surface area contributed by atoms with Crippen molar-refractivity contribution in [3.8, 4) is 0 Å². The summed E-state index contributed by atoms with van der Waals surface area (Å²) in [6.45, 7) is 4.52. The van der Waals surface area contributed by atoms with Crippen molar-refractivity contribution in [1.82, 2.24) is 5.32 Å². The topological polar surface area (TPSA) is 41.5 Å². The van der Waals surface area contributed by atoms with Gasteiger partial charge in [0.05, 0.1) is 18.8 Å². The van der Waals surface area contributed by atoms with E-state index in [-0.39, 0.29) is 6.10 Å². The minimum atomic E-state index is -0.351. The molecule has 0 aromatic carbocycles. The van der Waals surface area contributed by atoms with E-state index in [1.165, 1.54) is 57.8 Å². The van der Waals surface area contributed by atoms with Crippen molar-refractivity contribution in [3.05, 3.63) is 0 Å². The van der Waals surface area contributed by atoms with Gasteiger partial charge in [0, 0.05) is 6.54 Å². The molecule has 2 aliphatic rings. The third-order valence-corrected chi connectivity index (χ3v) is 5.00. The van der Waals surface area contributed by atoms with Crippen LogP contribution in [0.2, 0.25) is 0 Å². The minimum Gasteiger partial charge on any atom is -0.389 e. The number of aliphatic hydroxyl groups excluding tert-OH is 1. The first-order valence-electron chi connectivity index (χ1n) is 8.74. The summed E-state index contributed by atoms with van der Waals surface area (Å²) >= 11 is 0. The van der Waals surface area contributed by atoms with E-state index in [0.29, 0.717) is 19.3 Å². The van der Waals surface area contributed by atoms with E-state index < -0.39 is 0 Å². The maximum Gasteiger partial charge on any atom is 0.0897 e. The lowest BCUT2D eigenvalue weighted by molar-refractivity contribution is -0.0306. The number of nitrogens with one attached hydrogen (secondary N) is 1. The highest BCUT2D eigenvalue weighted by atomic mass is 16.5. The fourth-order valence-corrected chi connectivity index (χ4v) is 3.71. The van der Waals surface area contributed by atoms with Crippen molar-refractivity contribution in [3.63, 3.8) is 0 Å². The van der Waals surface area contributed by atoms with Gasteiger partial charge in [-0.1, -0.05) is 45.4 Å². The van der Waals surface area contributed by atoms with Crippen LogP contribution in [0.15, 0.2) is 0 Å². The van der Waals surface area contributed by atoms with E-state index in [4.69, 9.17) is 4.74 Å². The van der Waals surface area contributed by atoms with Crippen molar-refractivity contribution in [1.29, 1.82) is 0 Å². The lowest BCUT2D eigenvalue weighted by Gasteiger charge is -2.27. The quantitative estimate of drug-likeness (QED) is 0.673. The summed E-state index contributed by atoms with van der Waals surface area (Å²) in [5.74, 6) is 1.72. The molecule has 0 aromatic rings. The van der Waals surface area contributed by atoms with Gasteiger partial charge in [-0.3, -0.25) is 0 Å². The second-order valence-electron chi connectivity index (χ2n) is 7.02. The van der Waals surface area contributed by atoms with Crippen molar-refractivity contribution < 1.29 is 9.84 Å². The Balaban J connectivity index is 1.46. The lowest BCUT2D eigenvalue weighted by atomic mass is 9.89. The summed E-state index contributed by atoms with van der Waals surface area (Å²) in [4.78, 5) is 0. The number of aliphatic hydroxyl groups is 1. The molecule has 3 unspecified atom stereocenters. The summed E-state index contributed by atoms with van der Waals surface area (Å²) in [5, 5.41) is 13.3. The Bertz CT molecular complexity index is 253. The molecule has 3 nitrogen and oxygen atoms in total. The molecule has 0 saturated heterocycles. The highest BCUT2D eigenvalue weighted by molar-refractivity contribution is 4.72. The fraction of sp³-hybridized carbons (Fsp3) is 1.00. The monoisotopic (exact) mass is 283 g/mol. The number of rotatable bonds is 8. The Morgan fingerprint density at radius 2 is 1.95 bits per heavy atom. The zero-order valence-electron chi connectivity index (χ0n) is 13.2. The van der Waals surface area contributed by atoms with E-state index in [9.17, 15) is 5.11 Å². The van der Waals surface area contributed by atoms with Crippen molar-refractivity contribution in [2.24, 2.45) is 11.8 Å².